The van der Waals surface area contributed by atoms with Crippen LogP contribution in [0.3, 0.4) is 0 Å². The molecule has 0 aliphatic heterocycles. The Kier molecular flexibility index (Phi) is 6.66. The summed E-state index contributed by atoms with van der Waals surface area (Å²) in [6.07, 6.45) is 4.53. The summed E-state index contributed by atoms with van der Waals surface area (Å²) in [6, 6.07) is 3.08. The first kappa shape index (κ1) is 17.0. The molecule has 0 aliphatic rings. The SMILES string of the molecule is C#CCNC(=O)CC(=O)NC(CO)c1ccc(Cl)c(F)c1. The highest BCUT2D eigenvalue weighted by Gasteiger charge is 2.17. The van der Waals surface area contributed by atoms with Crippen LogP contribution in [0.2, 0.25) is 5.02 Å². The third kappa shape index (κ3) is 5.42. The Labute approximate surface area is 126 Å². The first-order chi connectivity index (χ1) is 9.97. The van der Waals surface area contributed by atoms with Gasteiger partial charge >= 0.3 is 0 Å². The molecule has 2 amide bonds. The summed E-state index contributed by atoms with van der Waals surface area (Å²) in [5, 5.41) is 14.0. The molecule has 0 heterocycles. The molecule has 0 fully saturated rings. The van der Waals surface area contributed by atoms with Crippen LogP contribution >= 0.6 is 11.6 Å². The van der Waals surface area contributed by atoms with E-state index in [0.29, 0.717) is 5.56 Å². The highest BCUT2D eigenvalue weighted by Crippen LogP contribution is 2.20. The van der Waals surface area contributed by atoms with Gasteiger partial charge < -0.3 is 15.7 Å². The van der Waals surface area contributed by atoms with Crippen molar-refractivity contribution >= 4 is 23.4 Å². The van der Waals surface area contributed by atoms with Gasteiger partial charge in [0.2, 0.25) is 11.8 Å². The number of benzene rings is 1. The van der Waals surface area contributed by atoms with Crippen molar-refractivity contribution in [1.29, 1.82) is 0 Å². The van der Waals surface area contributed by atoms with Crippen LogP contribution in [0.5, 0.6) is 0 Å². The fourth-order valence-electron chi connectivity index (χ4n) is 1.57. The lowest BCUT2D eigenvalue weighted by atomic mass is 10.1. The summed E-state index contributed by atoms with van der Waals surface area (Å²) in [7, 11) is 0. The third-order valence-corrected chi connectivity index (χ3v) is 2.88. The van der Waals surface area contributed by atoms with Crippen LogP contribution in [0.15, 0.2) is 18.2 Å². The van der Waals surface area contributed by atoms with Crippen LogP contribution in [0, 0.1) is 18.2 Å². The van der Waals surface area contributed by atoms with Crippen LogP contribution in [0.1, 0.15) is 18.0 Å². The number of nitrogens with one attached hydrogen (secondary N) is 2. The highest BCUT2D eigenvalue weighted by molar-refractivity contribution is 6.30. The normalized spacial score (nSPS) is 11.3. The fraction of sp³-hybridized carbons (Fsp3) is 0.286. The molecule has 1 atom stereocenters. The summed E-state index contributed by atoms with van der Waals surface area (Å²) >= 11 is 5.56. The molecule has 112 valence electrons. The lowest BCUT2D eigenvalue weighted by molar-refractivity contribution is -0.129. The molecule has 0 saturated heterocycles. The van der Waals surface area contributed by atoms with E-state index in [9.17, 15) is 19.1 Å². The average molecular weight is 313 g/mol. The highest BCUT2D eigenvalue weighted by atomic mass is 35.5. The molecule has 0 bridgehead atoms. The van der Waals surface area contributed by atoms with Gasteiger partial charge in [-0.3, -0.25) is 9.59 Å². The van der Waals surface area contributed by atoms with Crippen LogP contribution in [-0.2, 0) is 9.59 Å². The number of carbonyl (C=O) groups is 2. The Balaban J connectivity index is 2.65. The monoisotopic (exact) mass is 312 g/mol. The van der Waals surface area contributed by atoms with Gasteiger partial charge in [0.05, 0.1) is 24.2 Å². The van der Waals surface area contributed by atoms with Crippen LogP contribution in [0.25, 0.3) is 0 Å². The van der Waals surface area contributed by atoms with E-state index in [4.69, 9.17) is 18.0 Å². The van der Waals surface area contributed by atoms with Crippen molar-refractivity contribution in [3.63, 3.8) is 0 Å². The third-order valence-electron chi connectivity index (χ3n) is 2.57. The van der Waals surface area contributed by atoms with Crippen molar-refractivity contribution in [3.8, 4) is 12.3 Å². The molecule has 1 aromatic carbocycles. The number of amides is 2. The number of halogens is 2. The summed E-state index contributed by atoms with van der Waals surface area (Å²) in [4.78, 5) is 23.0. The van der Waals surface area contributed by atoms with Crippen molar-refractivity contribution in [2.24, 2.45) is 0 Å². The van der Waals surface area contributed by atoms with Gasteiger partial charge in [0.15, 0.2) is 0 Å². The molecule has 1 rings (SSSR count). The number of terminal acetylenes is 1. The number of aliphatic hydroxyl groups is 1. The van der Waals surface area contributed by atoms with Crippen LogP contribution in [0.4, 0.5) is 4.39 Å². The zero-order valence-corrected chi connectivity index (χ0v) is 11.8. The van der Waals surface area contributed by atoms with Crippen molar-refractivity contribution < 1.29 is 19.1 Å². The van der Waals surface area contributed by atoms with E-state index in [2.05, 4.69) is 16.6 Å². The predicted octanol–water partition coefficient (Wildman–Crippen LogP) is 0.768. The van der Waals surface area contributed by atoms with Crippen molar-refractivity contribution in [1.82, 2.24) is 10.6 Å². The molecular formula is C14H14ClFN2O3. The topological polar surface area (TPSA) is 78.4 Å². The predicted molar refractivity (Wildman–Crippen MR) is 75.8 cm³/mol. The molecule has 0 radical (unpaired) electrons. The maximum absolute atomic E-state index is 13.4. The Morgan fingerprint density at radius 1 is 1.43 bits per heavy atom. The molecule has 0 spiro atoms. The van der Waals surface area contributed by atoms with Gasteiger partial charge in [0, 0.05) is 0 Å². The molecule has 0 saturated carbocycles. The van der Waals surface area contributed by atoms with Gasteiger partial charge in [0.1, 0.15) is 12.2 Å². The largest absolute Gasteiger partial charge is 0.394 e. The van der Waals surface area contributed by atoms with E-state index in [-0.39, 0.29) is 11.6 Å². The maximum Gasteiger partial charge on any atom is 0.230 e. The molecular weight excluding hydrogens is 299 g/mol. The molecule has 0 aromatic heterocycles. The minimum absolute atomic E-state index is 0.0257. The Bertz CT molecular complexity index is 572. The second kappa shape index (κ2) is 8.25. The second-order valence-electron chi connectivity index (χ2n) is 4.13. The lowest BCUT2D eigenvalue weighted by Gasteiger charge is -2.17. The first-order valence-electron chi connectivity index (χ1n) is 6.03. The van der Waals surface area contributed by atoms with Gasteiger partial charge in [-0.1, -0.05) is 23.6 Å². The number of rotatable bonds is 6. The zero-order valence-electron chi connectivity index (χ0n) is 11.0. The van der Waals surface area contributed by atoms with Crippen LogP contribution in [-0.4, -0.2) is 30.1 Å². The van der Waals surface area contributed by atoms with Crippen LogP contribution < -0.4 is 10.6 Å². The summed E-state index contributed by atoms with van der Waals surface area (Å²) < 4.78 is 13.4. The minimum Gasteiger partial charge on any atom is -0.394 e. The van der Waals surface area contributed by atoms with E-state index in [0.717, 1.165) is 6.07 Å². The van der Waals surface area contributed by atoms with Crippen molar-refractivity contribution in [2.45, 2.75) is 12.5 Å². The molecule has 21 heavy (non-hydrogen) atoms. The van der Waals surface area contributed by atoms with Gasteiger partial charge in [-0.15, -0.1) is 6.42 Å². The smallest absolute Gasteiger partial charge is 0.230 e. The fourth-order valence-corrected chi connectivity index (χ4v) is 1.68. The molecule has 1 unspecified atom stereocenters. The minimum atomic E-state index is -0.829. The van der Waals surface area contributed by atoms with E-state index in [1.807, 2.05) is 0 Å². The number of aliphatic hydroxyl groups excluding tert-OH is 1. The maximum atomic E-state index is 13.4. The van der Waals surface area contributed by atoms with Gasteiger partial charge in [0.25, 0.3) is 0 Å². The second-order valence-corrected chi connectivity index (χ2v) is 4.54. The Morgan fingerprint density at radius 3 is 2.71 bits per heavy atom. The number of hydrogen-bond donors (Lipinski definition) is 3. The summed E-state index contributed by atoms with van der Waals surface area (Å²) in [6.45, 7) is -0.420. The number of carbonyl (C=O) groups excluding carboxylic acids is 2. The van der Waals surface area contributed by atoms with Gasteiger partial charge in [-0.25, -0.2) is 4.39 Å². The first-order valence-corrected chi connectivity index (χ1v) is 6.41. The van der Waals surface area contributed by atoms with Gasteiger partial charge in [-0.05, 0) is 17.7 Å². The Morgan fingerprint density at radius 2 is 2.14 bits per heavy atom. The van der Waals surface area contributed by atoms with Gasteiger partial charge in [-0.2, -0.15) is 0 Å². The summed E-state index contributed by atoms with van der Waals surface area (Å²) in [5.41, 5.74) is 0.344. The molecule has 5 nitrogen and oxygen atoms in total. The lowest BCUT2D eigenvalue weighted by Crippen LogP contribution is -2.35. The van der Waals surface area contributed by atoms with E-state index >= 15 is 0 Å². The Hall–Kier alpha value is -2.10. The quantitative estimate of drug-likeness (QED) is 0.536. The molecule has 1 aromatic rings. The molecule has 7 heteroatoms. The van der Waals surface area contributed by atoms with E-state index in [1.54, 1.807) is 0 Å². The van der Waals surface area contributed by atoms with E-state index < -0.39 is 36.7 Å². The van der Waals surface area contributed by atoms with Crippen molar-refractivity contribution in [2.75, 3.05) is 13.2 Å². The van der Waals surface area contributed by atoms with Crippen molar-refractivity contribution in [3.05, 3.63) is 34.6 Å². The molecule has 0 aliphatic carbocycles. The summed E-state index contributed by atoms with van der Waals surface area (Å²) in [5.74, 6) is 0.395. The standard InChI is InChI=1S/C14H14ClFN2O3/c1-2-5-17-13(20)7-14(21)18-12(8-19)9-3-4-10(15)11(16)6-9/h1,3-4,6,12,19H,5,7-8H2,(H,17,20)(H,18,21). The average Bonchev–Trinajstić information content (AvgIpc) is 2.45. The molecule has 3 N–H and O–H groups in total. The van der Waals surface area contributed by atoms with E-state index in [1.165, 1.54) is 12.1 Å². The number of hydrogen-bond acceptors (Lipinski definition) is 3. The zero-order chi connectivity index (χ0) is 15.8.